The van der Waals surface area contributed by atoms with E-state index in [1.807, 2.05) is 6.07 Å². The van der Waals surface area contributed by atoms with Crippen molar-refractivity contribution >= 4 is 22.6 Å². The molecule has 6 heteroatoms. The number of rotatable bonds is 3. The van der Waals surface area contributed by atoms with Crippen molar-refractivity contribution in [3.8, 4) is 0 Å². The van der Waals surface area contributed by atoms with E-state index < -0.39 is 0 Å². The van der Waals surface area contributed by atoms with Gasteiger partial charge in [0.05, 0.1) is 17.3 Å². The highest BCUT2D eigenvalue weighted by Gasteiger charge is 2.28. The molecule has 3 rings (SSSR count). The Labute approximate surface area is 123 Å². The molecule has 0 aromatic carbocycles. The summed E-state index contributed by atoms with van der Waals surface area (Å²) < 4.78 is 0. The van der Waals surface area contributed by atoms with Crippen LogP contribution in [-0.4, -0.2) is 27.1 Å². The van der Waals surface area contributed by atoms with E-state index in [4.69, 9.17) is 5.73 Å². The van der Waals surface area contributed by atoms with Gasteiger partial charge in [-0.05, 0) is 44.6 Å². The first-order valence-electron chi connectivity index (χ1n) is 7.49. The minimum absolute atomic E-state index is 0.0788. The van der Waals surface area contributed by atoms with Crippen LogP contribution in [0.1, 0.15) is 32.6 Å². The van der Waals surface area contributed by atoms with Crippen molar-refractivity contribution in [1.29, 1.82) is 0 Å². The lowest BCUT2D eigenvalue weighted by atomic mass is 9.79. The number of fused-ring (bicyclic) bond motifs is 1. The fourth-order valence-electron chi connectivity index (χ4n) is 3.10. The quantitative estimate of drug-likeness (QED) is 0.805. The monoisotopic (exact) mass is 287 g/mol. The number of aromatic amines is 1. The third kappa shape index (κ3) is 2.90. The minimum Gasteiger partial charge on any atom is -0.328 e. The van der Waals surface area contributed by atoms with Gasteiger partial charge in [-0.3, -0.25) is 9.89 Å². The van der Waals surface area contributed by atoms with E-state index in [1.54, 1.807) is 12.4 Å². The van der Waals surface area contributed by atoms with Crippen molar-refractivity contribution in [3.05, 3.63) is 18.5 Å². The normalized spacial score (nSPS) is 23.9. The van der Waals surface area contributed by atoms with Crippen LogP contribution in [0.4, 0.5) is 5.69 Å². The molecule has 1 unspecified atom stereocenters. The summed E-state index contributed by atoms with van der Waals surface area (Å²) in [5.74, 6) is 0.720. The van der Waals surface area contributed by atoms with Crippen molar-refractivity contribution in [2.75, 3.05) is 5.32 Å². The van der Waals surface area contributed by atoms with Gasteiger partial charge in [-0.1, -0.05) is 0 Å². The number of nitrogens with one attached hydrogen (secondary N) is 2. The molecule has 0 spiro atoms. The molecule has 0 saturated heterocycles. The average molecular weight is 287 g/mol. The third-order valence-corrected chi connectivity index (χ3v) is 4.50. The number of nitrogens with two attached hydrogens (primary N) is 1. The predicted octanol–water partition coefficient (Wildman–Crippen LogP) is 2.05. The van der Waals surface area contributed by atoms with Gasteiger partial charge < -0.3 is 11.1 Å². The molecule has 112 valence electrons. The van der Waals surface area contributed by atoms with Crippen molar-refractivity contribution in [1.82, 2.24) is 15.2 Å². The second-order valence-corrected chi connectivity index (χ2v) is 5.95. The topological polar surface area (TPSA) is 96.7 Å². The van der Waals surface area contributed by atoms with E-state index in [1.165, 1.54) is 0 Å². The molecule has 1 aliphatic rings. The molecule has 4 N–H and O–H groups in total. The van der Waals surface area contributed by atoms with E-state index in [-0.39, 0.29) is 17.9 Å². The molecule has 1 fully saturated rings. The van der Waals surface area contributed by atoms with E-state index >= 15 is 0 Å². The molecule has 1 saturated carbocycles. The predicted molar refractivity (Wildman–Crippen MR) is 81.6 cm³/mol. The number of amides is 1. The van der Waals surface area contributed by atoms with Crippen LogP contribution in [0.25, 0.3) is 11.0 Å². The summed E-state index contributed by atoms with van der Waals surface area (Å²) >= 11 is 0. The minimum atomic E-state index is 0.0788. The summed E-state index contributed by atoms with van der Waals surface area (Å²) in [6, 6.07) is 2.03. The van der Waals surface area contributed by atoms with Gasteiger partial charge in [0.1, 0.15) is 0 Å². The van der Waals surface area contributed by atoms with Gasteiger partial charge in [0.25, 0.3) is 0 Å². The molecule has 1 atom stereocenters. The highest BCUT2D eigenvalue weighted by molar-refractivity contribution is 6.00. The Kier molecular flexibility index (Phi) is 3.88. The van der Waals surface area contributed by atoms with Crippen LogP contribution in [-0.2, 0) is 4.79 Å². The Morgan fingerprint density at radius 2 is 2.19 bits per heavy atom. The first kappa shape index (κ1) is 14.0. The van der Waals surface area contributed by atoms with Crippen LogP contribution < -0.4 is 11.1 Å². The fraction of sp³-hybridized carbons (Fsp3) is 0.533. The Balaban J connectivity index is 1.66. The first-order valence-corrected chi connectivity index (χ1v) is 7.49. The molecule has 1 amide bonds. The van der Waals surface area contributed by atoms with Gasteiger partial charge in [-0.15, -0.1) is 0 Å². The number of carbonyl (C=O) groups excluding carboxylic acids is 1. The SMILES string of the molecule is CC(N)C1CCC(C(=O)Nc2ccnc3[nH]ncc23)CC1. The summed E-state index contributed by atoms with van der Waals surface area (Å²) in [7, 11) is 0. The number of carbonyl (C=O) groups is 1. The Morgan fingerprint density at radius 1 is 1.43 bits per heavy atom. The smallest absolute Gasteiger partial charge is 0.227 e. The molecular formula is C15H21N5O. The average Bonchev–Trinajstić information content (AvgIpc) is 2.97. The number of hydrogen-bond donors (Lipinski definition) is 3. The summed E-state index contributed by atoms with van der Waals surface area (Å²) in [6.07, 6.45) is 7.25. The van der Waals surface area contributed by atoms with Crippen LogP contribution in [0.15, 0.2) is 18.5 Å². The highest BCUT2D eigenvalue weighted by Crippen LogP contribution is 2.31. The van der Waals surface area contributed by atoms with Crippen LogP contribution in [0.5, 0.6) is 0 Å². The molecule has 21 heavy (non-hydrogen) atoms. The molecule has 2 aromatic rings. The highest BCUT2D eigenvalue weighted by atomic mass is 16.1. The van der Waals surface area contributed by atoms with Crippen molar-refractivity contribution in [2.24, 2.45) is 17.6 Å². The zero-order valence-corrected chi connectivity index (χ0v) is 12.2. The summed E-state index contributed by atoms with van der Waals surface area (Å²) in [4.78, 5) is 16.6. The molecule has 1 aliphatic carbocycles. The van der Waals surface area contributed by atoms with Gasteiger partial charge in [-0.25, -0.2) is 4.98 Å². The van der Waals surface area contributed by atoms with Gasteiger partial charge in [0.2, 0.25) is 5.91 Å². The van der Waals surface area contributed by atoms with E-state index in [0.717, 1.165) is 36.8 Å². The Hall–Kier alpha value is -1.95. The lowest BCUT2D eigenvalue weighted by molar-refractivity contribution is -0.121. The van der Waals surface area contributed by atoms with E-state index in [9.17, 15) is 4.79 Å². The second kappa shape index (κ2) is 5.81. The fourth-order valence-corrected chi connectivity index (χ4v) is 3.10. The van der Waals surface area contributed by atoms with Crippen LogP contribution >= 0.6 is 0 Å². The Bertz CT molecular complexity index is 628. The summed E-state index contributed by atoms with van der Waals surface area (Å²) in [5, 5.41) is 10.6. The van der Waals surface area contributed by atoms with Gasteiger partial charge >= 0.3 is 0 Å². The maximum absolute atomic E-state index is 12.4. The maximum Gasteiger partial charge on any atom is 0.227 e. The number of H-pyrrole nitrogens is 1. The van der Waals surface area contributed by atoms with Crippen LogP contribution in [0.3, 0.4) is 0 Å². The standard InChI is InChI=1S/C15H21N5O/c1-9(16)10-2-4-11(5-3-10)15(21)19-13-6-7-17-14-12(13)8-18-20-14/h6-11H,2-5,16H2,1H3,(H2,17,18,19,20,21). The van der Waals surface area contributed by atoms with Crippen molar-refractivity contribution in [3.63, 3.8) is 0 Å². The van der Waals surface area contributed by atoms with Crippen LogP contribution in [0.2, 0.25) is 0 Å². The zero-order chi connectivity index (χ0) is 14.8. The summed E-state index contributed by atoms with van der Waals surface area (Å²) in [6.45, 7) is 2.05. The van der Waals surface area contributed by atoms with Gasteiger partial charge in [0.15, 0.2) is 5.65 Å². The molecular weight excluding hydrogens is 266 g/mol. The number of nitrogens with zero attached hydrogens (tertiary/aromatic N) is 2. The summed E-state index contributed by atoms with van der Waals surface area (Å²) in [5.41, 5.74) is 7.40. The van der Waals surface area contributed by atoms with Gasteiger partial charge in [0, 0.05) is 18.2 Å². The van der Waals surface area contributed by atoms with E-state index in [2.05, 4.69) is 27.4 Å². The van der Waals surface area contributed by atoms with Crippen molar-refractivity contribution in [2.45, 2.75) is 38.6 Å². The number of hydrogen-bond acceptors (Lipinski definition) is 4. The molecule has 2 heterocycles. The number of aromatic nitrogens is 3. The van der Waals surface area contributed by atoms with Gasteiger partial charge in [-0.2, -0.15) is 5.10 Å². The molecule has 2 aromatic heterocycles. The lowest BCUT2D eigenvalue weighted by Gasteiger charge is -2.30. The van der Waals surface area contributed by atoms with E-state index in [0.29, 0.717) is 11.6 Å². The third-order valence-electron chi connectivity index (χ3n) is 4.50. The van der Waals surface area contributed by atoms with Crippen molar-refractivity contribution < 1.29 is 4.79 Å². The molecule has 0 aliphatic heterocycles. The zero-order valence-electron chi connectivity index (χ0n) is 12.2. The largest absolute Gasteiger partial charge is 0.328 e. The van der Waals surface area contributed by atoms with Crippen LogP contribution in [0, 0.1) is 11.8 Å². The Morgan fingerprint density at radius 3 is 2.90 bits per heavy atom. The maximum atomic E-state index is 12.4. The first-order chi connectivity index (χ1) is 10.1. The molecule has 0 radical (unpaired) electrons. The molecule has 0 bridgehead atoms. The second-order valence-electron chi connectivity index (χ2n) is 5.95. The number of anilines is 1. The lowest BCUT2D eigenvalue weighted by Crippen LogP contribution is -2.33. The molecule has 6 nitrogen and oxygen atoms in total. The number of pyridine rings is 1.